The van der Waals surface area contributed by atoms with Crippen LogP contribution in [0.5, 0.6) is 5.75 Å². The number of methoxy groups -OCH3 is 1. The Kier molecular flexibility index (Phi) is 2.97. The van der Waals surface area contributed by atoms with Crippen molar-refractivity contribution in [3.05, 3.63) is 23.5 Å². The van der Waals surface area contributed by atoms with Gasteiger partial charge in [0.1, 0.15) is 17.1 Å². The highest BCUT2D eigenvalue weighted by Gasteiger charge is 2.33. The van der Waals surface area contributed by atoms with Gasteiger partial charge in [0.15, 0.2) is 5.78 Å². The van der Waals surface area contributed by atoms with Crippen LogP contribution in [0.4, 0.5) is 13.2 Å². The van der Waals surface area contributed by atoms with Gasteiger partial charge in [0.2, 0.25) is 0 Å². The van der Waals surface area contributed by atoms with Crippen LogP contribution in [0, 0.1) is 0 Å². The van der Waals surface area contributed by atoms with Crippen molar-refractivity contribution < 1.29 is 22.7 Å². The van der Waals surface area contributed by atoms with Crippen molar-refractivity contribution in [2.24, 2.45) is 0 Å². The van der Waals surface area contributed by atoms with Crippen molar-refractivity contribution in [1.82, 2.24) is 4.98 Å². The second kappa shape index (κ2) is 3.88. The molecule has 3 nitrogen and oxygen atoms in total. The summed E-state index contributed by atoms with van der Waals surface area (Å²) in [4.78, 5) is 14.1. The van der Waals surface area contributed by atoms with E-state index in [1.807, 2.05) is 0 Å². The topological polar surface area (TPSA) is 39.2 Å². The summed E-state index contributed by atoms with van der Waals surface area (Å²) in [5, 5.41) is 0. The number of halogens is 3. The van der Waals surface area contributed by atoms with Crippen molar-refractivity contribution in [1.29, 1.82) is 0 Å². The van der Waals surface area contributed by atoms with Gasteiger partial charge in [-0.05, 0) is 0 Å². The second-order valence-electron chi connectivity index (χ2n) is 2.83. The Balaban J connectivity index is 3.30. The summed E-state index contributed by atoms with van der Waals surface area (Å²) < 4.78 is 41.6. The van der Waals surface area contributed by atoms with Crippen LogP contribution in [0.2, 0.25) is 0 Å². The van der Waals surface area contributed by atoms with E-state index in [4.69, 9.17) is 0 Å². The van der Waals surface area contributed by atoms with E-state index in [0.29, 0.717) is 0 Å². The van der Waals surface area contributed by atoms with E-state index in [2.05, 4.69) is 9.72 Å². The number of rotatable bonds is 2. The summed E-state index contributed by atoms with van der Waals surface area (Å²) in [7, 11) is 1.22. The molecule has 1 rings (SSSR count). The molecule has 6 heteroatoms. The van der Waals surface area contributed by atoms with E-state index in [-0.39, 0.29) is 11.4 Å². The summed E-state index contributed by atoms with van der Waals surface area (Å²) in [6, 6.07) is 1.91. The highest BCUT2D eigenvalue weighted by molar-refractivity contribution is 5.92. The van der Waals surface area contributed by atoms with Crippen molar-refractivity contribution in [2.45, 2.75) is 13.1 Å². The summed E-state index contributed by atoms with van der Waals surface area (Å²) in [5.74, 6) is -0.582. The van der Waals surface area contributed by atoms with Crippen molar-refractivity contribution in [2.75, 3.05) is 7.11 Å². The predicted octanol–water partition coefficient (Wildman–Crippen LogP) is 2.31. The van der Waals surface area contributed by atoms with Crippen LogP contribution in [-0.2, 0) is 6.18 Å². The third-order valence-electron chi connectivity index (χ3n) is 1.69. The molecule has 0 radical (unpaired) electrons. The number of carbonyl (C=O) groups is 1. The van der Waals surface area contributed by atoms with E-state index < -0.39 is 17.7 Å². The first-order valence-electron chi connectivity index (χ1n) is 3.99. The van der Waals surface area contributed by atoms with E-state index in [1.165, 1.54) is 7.11 Å². The molecule has 0 amide bonds. The molecule has 0 atom stereocenters. The number of ketones is 1. The van der Waals surface area contributed by atoms with Gasteiger partial charge < -0.3 is 4.74 Å². The minimum absolute atomic E-state index is 0.0393. The summed E-state index contributed by atoms with van der Waals surface area (Å²) in [5.41, 5.74) is -1.39. The van der Waals surface area contributed by atoms with Crippen molar-refractivity contribution >= 4 is 5.78 Å². The van der Waals surface area contributed by atoms with E-state index in [1.54, 1.807) is 0 Å². The Morgan fingerprint density at radius 3 is 2.40 bits per heavy atom. The number of ether oxygens (including phenoxy) is 1. The molecule has 15 heavy (non-hydrogen) atoms. The molecule has 0 fully saturated rings. The lowest BCUT2D eigenvalue weighted by molar-refractivity contribution is -0.141. The first kappa shape index (κ1) is 11.5. The highest BCUT2D eigenvalue weighted by atomic mass is 19.4. The fourth-order valence-electron chi connectivity index (χ4n) is 0.949. The first-order valence-corrected chi connectivity index (χ1v) is 3.99. The number of hydrogen-bond donors (Lipinski definition) is 0. The van der Waals surface area contributed by atoms with Gasteiger partial charge in [-0.1, -0.05) is 0 Å². The molecule has 0 saturated carbocycles. The van der Waals surface area contributed by atoms with Crippen molar-refractivity contribution in [3.8, 4) is 5.75 Å². The molecule has 0 aliphatic rings. The predicted molar refractivity (Wildman–Crippen MR) is 45.8 cm³/mol. The van der Waals surface area contributed by atoms with Gasteiger partial charge in [-0.2, -0.15) is 13.2 Å². The maximum Gasteiger partial charge on any atom is 0.433 e. The van der Waals surface area contributed by atoms with Gasteiger partial charge in [-0.3, -0.25) is 4.79 Å². The van der Waals surface area contributed by atoms with Crippen LogP contribution >= 0.6 is 0 Å². The van der Waals surface area contributed by atoms with Gasteiger partial charge >= 0.3 is 6.18 Å². The van der Waals surface area contributed by atoms with Crippen LogP contribution < -0.4 is 4.74 Å². The Morgan fingerprint density at radius 1 is 1.40 bits per heavy atom. The number of pyridine rings is 1. The second-order valence-corrected chi connectivity index (χ2v) is 2.83. The Labute approximate surface area is 83.9 Å². The molecule has 0 N–H and O–H groups in total. The molecule has 1 aromatic rings. The molecular formula is C9H8F3NO2. The van der Waals surface area contributed by atoms with Gasteiger partial charge in [-0.15, -0.1) is 0 Å². The zero-order chi connectivity index (χ0) is 11.6. The molecule has 0 aliphatic heterocycles. The molecular weight excluding hydrogens is 211 g/mol. The Bertz CT molecular complexity index is 387. The SMILES string of the molecule is COc1cc(C(C)=O)nc(C(F)(F)F)c1. The van der Waals surface area contributed by atoms with Crippen LogP contribution in [0.15, 0.2) is 12.1 Å². The summed E-state index contributed by atoms with van der Waals surface area (Å²) >= 11 is 0. The first-order chi connectivity index (χ1) is 6.84. The fraction of sp³-hybridized carbons (Fsp3) is 0.333. The minimum atomic E-state index is -4.58. The Hall–Kier alpha value is -1.59. The lowest BCUT2D eigenvalue weighted by atomic mass is 10.2. The normalized spacial score (nSPS) is 11.3. The van der Waals surface area contributed by atoms with E-state index in [0.717, 1.165) is 19.1 Å². The smallest absolute Gasteiger partial charge is 0.433 e. The molecule has 1 heterocycles. The van der Waals surface area contributed by atoms with E-state index in [9.17, 15) is 18.0 Å². The molecule has 0 aromatic carbocycles. The third-order valence-corrected chi connectivity index (χ3v) is 1.69. The molecule has 0 spiro atoms. The average Bonchev–Trinajstić information content (AvgIpc) is 2.15. The monoisotopic (exact) mass is 219 g/mol. The maximum atomic E-state index is 12.3. The number of alkyl halides is 3. The standard InChI is InChI=1S/C9H8F3NO2/c1-5(14)7-3-6(15-2)4-8(13-7)9(10,11)12/h3-4H,1-2H3. The van der Waals surface area contributed by atoms with E-state index >= 15 is 0 Å². The summed E-state index contributed by atoms with van der Waals surface area (Å²) in [6.07, 6.45) is -4.58. The van der Waals surface area contributed by atoms with Gasteiger partial charge in [0, 0.05) is 19.1 Å². The number of hydrogen-bond acceptors (Lipinski definition) is 3. The van der Waals surface area contributed by atoms with Crippen LogP contribution in [0.25, 0.3) is 0 Å². The molecule has 0 aliphatic carbocycles. The van der Waals surface area contributed by atoms with Gasteiger partial charge in [0.05, 0.1) is 7.11 Å². The zero-order valence-electron chi connectivity index (χ0n) is 8.05. The number of nitrogens with zero attached hydrogens (tertiary/aromatic N) is 1. The fourth-order valence-corrected chi connectivity index (χ4v) is 0.949. The Morgan fingerprint density at radius 2 is 2.00 bits per heavy atom. The summed E-state index contributed by atoms with van der Waals surface area (Å²) in [6.45, 7) is 1.14. The van der Waals surface area contributed by atoms with Crippen molar-refractivity contribution in [3.63, 3.8) is 0 Å². The molecule has 82 valence electrons. The minimum Gasteiger partial charge on any atom is -0.497 e. The average molecular weight is 219 g/mol. The molecule has 0 saturated heterocycles. The maximum absolute atomic E-state index is 12.3. The van der Waals surface area contributed by atoms with Gasteiger partial charge in [-0.25, -0.2) is 4.98 Å². The molecule has 1 aromatic heterocycles. The largest absolute Gasteiger partial charge is 0.497 e. The molecule has 0 unspecified atom stereocenters. The van der Waals surface area contributed by atoms with Crippen LogP contribution in [0.1, 0.15) is 23.1 Å². The lowest BCUT2D eigenvalue weighted by Gasteiger charge is -2.09. The molecule has 0 bridgehead atoms. The van der Waals surface area contributed by atoms with Gasteiger partial charge in [0.25, 0.3) is 0 Å². The highest BCUT2D eigenvalue weighted by Crippen LogP contribution is 2.30. The lowest BCUT2D eigenvalue weighted by Crippen LogP contribution is -2.11. The zero-order valence-corrected chi connectivity index (χ0v) is 8.05. The quantitative estimate of drug-likeness (QED) is 0.716. The third kappa shape index (κ3) is 2.68. The number of Topliss-reactive ketones (excluding diaryl/α,β-unsaturated/α-hetero) is 1. The number of aromatic nitrogens is 1. The van der Waals surface area contributed by atoms with Crippen LogP contribution in [-0.4, -0.2) is 17.9 Å². The van der Waals surface area contributed by atoms with Crippen LogP contribution in [0.3, 0.4) is 0 Å². The number of carbonyl (C=O) groups excluding carboxylic acids is 1.